The average molecular weight is 737 g/mol. The van der Waals surface area contributed by atoms with Gasteiger partial charge in [0.05, 0.1) is 11.4 Å². The van der Waals surface area contributed by atoms with Crippen LogP contribution in [0.15, 0.2) is 217 Å². The van der Waals surface area contributed by atoms with E-state index in [0.717, 1.165) is 72.7 Å². The zero-order valence-corrected chi connectivity index (χ0v) is 32.5. The van der Waals surface area contributed by atoms with Crippen molar-refractivity contribution in [2.24, 2.45) is 11.8 Å². The third-order valence-corrected chi connectivity index (χ3v) is 11.5. The number of rotatable bonds is 10. The Labute approximate surface area is 339 Å². The van der Waals surface area contributed by atoms with E-state index in [0.29, 0.717) is 11.8 Å². The predicted molar refractivity (Wildman–Crippen MR) is 240 cm³/mol. The molecule has 0 radical (unpaired) electrons. The van der Waals surface area contributed by atoms with E-state index in [-0.39, 0.29) is 0 Å². The molecule has 0 bridgehead atoms. The summed E-state index contributed by atoms with van der Waals surface area (Å²) in [4.78, 5) is 4.65. The summed E-state index contributed by atoms with van der Waals surface area (Å²) < 4.78 is 0. The lowest BCUT2D eigenvalue weighted by molar-refractivity contribution is 0.762. The van der Waals surface area contributed by atoms with Gasteiger partial charge in [-0.15, -0.1) is 0 Å². The van der Waals surface area contributed by atoms with Gasteiger partial charge in [0.1, 0.15) is 0 Å². The summed E-state index contributed by atoms with van der Waals surface area (Å²) in [6.45, 7) is 0. The van der Waals surface area contributed by atoms with Crippen molar-refractivity contribution in [3.63, 3.8) is 0 Å². The molecular weight excluding hydrogens is 689 g/mol. The fourth-order valence-electron chi connectivity index (χ4n) is 8.37. The van der Waals surface area contributed by atoms with Crippen molar-refractivity contribution in [1.29, 1.82) is 0 Å². The first-order chi connectivity index (χ1) is 28.3. The number of nitrogens with zero attached hydrogens (tertiary/aromatic N) is 2. The van der Waals surface area contributed by atoms with Gasteiger partial charge >= 0.3 is 0 Å². The van der Waals surface area contributed by atoms with Gasteiger partial charge in [-0.1, -0.05) is 146 Å². The second-order valence-electron chi connectivity index (χ2n) is 15.2. The van der Waals surface area contributed by atoms with Crippen LogP contribution in [0.5, 0.6) is 0 Å². The SMILES string of the molecule is c1c(N(C2=CCC(C3=CCCC=C3)C=C2)c2ccc(-c3ccccc3)cc2)ccc(N(C2=CCC(C3=CCCCC=C3)C=C2)c2ccc(-c3ccccc3)cc2)c#1. The van der Waals surface area contributed by atoms with Crippen LogP contribution in [0.25, 0.3) is 22.3 Å². The summed E-state index contributed by atoms with van der Waals surface area (Å²) in [7, 11) is 0. The van der Waals surface area contributed by atoms with Gasteiger partial charge in [-0.05, 0) is 139 Å². The molecule has 0 fully saturated rings. The largest absolute Gasteiger partial charge is 0.304 e. The Balaban J connectivity index is 1.05. The molecule has 2 unspecified atom stereocenters. The smallest absolute Gasteiger partial charge is 0.0975 e. The van der Waals surface area contributed by atoms with Gasteiger partial charge < -0.3 is 9.80 Å². The van der Waals surface area contributed by atoms with Crippen molar-refractivity contribution in [3.8, 4) is 22.3 Å². The van der Waals surface area contributed by atoms with Crippen LogP contribution in [0.2, 0.25) is 0 Å². The van der Waals surface area contributed by atoms with Gasteiger partial charge in [0.2, 0.25) is 0 Å². The Morgan fingerprint density at radius 3 is 1.30 bits per heavy atom. The van der Waals surface area contributed by atoms with Gasteiger partial charge in [-0.2, -0.15) is 0 Å². The van der Waals surface area contributed by atoms with Crippen LogP contribution in [0.1, 0.15) is 44.9 Å². The van der Waals surface area contributed by atoms with E-state index in [1.165, 1.54) is 39.8 Å². The maximum atomic E-state index is 3.64. The molecule has 0 aliphatic heterocycles. The Kier molecular flexibility index (Phi) is 10.8. The summed E-state index contributed by atoms with van der Waals surface area (Å²) in [6.07, 6.45) is 36.0. The molecule has 278 valence electrons. The third-order valence-electron chi connectivity index (χ3n) is 11.5. The molecule has 0 N–H and O–H groups in total. The van der Waals surface area contributed by atoms with Gasteiger partial charge in [-0.3, -0.25) is 0 Å². The first-order valence-electron chi connectivity index (χ1n) is 20.6. The molecule has 5 aromatic carbocycles. The molecular formula is C55H48N2. The van der Waals surface area contributed by atoms with Crippen molar-refractivity contribution < 1.29 is 0 Å². The van der Waals surface area contributed by atoms with E-state index in [9.17, 15) is 0 Å². The molecule has 0 saturated heterocycles. The molecule has 0 spiro atoms. The molecule has 0 saturated carbocycles. The number of benzene rings is 4. The highest BCUT2D eigenvalue weighted by Crippen LogP contribution is 2.39. The van der Waals surface area contributed by atoms with Crippen molar-refractivity contribution in [3.05, 3.63) is 229 Å². The lowest BCUT2D eigenvalue weighted by atomic mass is 9.88. The summed E-state index contributed by atoms with van der Waals surface area (Å²) in [5.74, 6) is 0.797. The summed E-state index contributed by atoms with van der Waals surface area (Å²) in [6, 6.07) is 50.7. The van der Waals surface area contributed by atoms with Crippen LogP contribution in [0, 0.1) is 24.0 Å². The minimum atomic E-state index is 0.395. The van der Waals surface area contributed by atoms with Crippen LogP contribution in [0.4, 0.5) is 22.7 Å². The maximum Gasteiger partial charge on any atom is 0.0975 e. The molecule has 2 atom stereocenters. The fourth-order valence-corrected chi connectivity index (χ4v) is 8.37. The Morgan fingerprint density at radius 2 is 0.860 bits per heavy atom. The molecule has 9 rings (SSSR count). The van der Waals surface area contributed by atoms with Crippen molar-refractivity contribution in [2.75, 3.05) is 9.80 Å². The monoisotopic (exact) mass is 736 g/mol. The molecule has 4 aliphatic rings. The minimum absolute atomic E-state index is 0.395. The van der Waals surface area contributed by atoms with Gasteiger partial charge in [0.25, 0.3) is 0 Å². The van der Waals surface area contributed by atoms with E-state index in [4.69, 9.17) is 0 Å². The Morgan fingerprint density at radius 1 is 0.404 bits per heavy atom. The Hall–Kier alpha value is -6.56. The first kappa shape index (κ1) is 36.1. The normalized spacial score (nSPS) is 18.7. The molecule has 4 aliphatic carbocycles. The topological polar surface area (TPSA) is 6.48 Å². The van der Waals surface area contributed by atoms with Gasteiger partial charge in [0, 0.05) is 34.6 Å². The lowest BCUT2D eigenvalue weighted by Gasteiger charge is -2.30. The van der Waals surface area contributed by atoms with Gasteiger partial charge in [-0.25, -0.2) is 0 Å². The summed E-state index contributed by atoms with van der Waals surface area (Å²) in [5.41, 5.74) is 14.1. The molecule has 2 nitrogen and oxygen atoms in total. The second-order valence-corrected chi connectivity index (χ2v) is 15.2. The first-order valence-corrected chi connectivity index (χ1v) is 20.6. The summed E-state index contributed by atoms with van der Waals surface area (Å²) >= 11 is 0. The van der Waals surface area contributed by atoms with E-state index in [2.05, 4.69) is 216 Å². The standard InChI is InChI=1S/C55H48N2/c1-2-7-15-42(14-6-1)46-22-30-50(31-23-46)56(51-32-24-47(25-33-51)43-16-8-3-9-17-43)54-38-40-55(41-39-54)57(52-34-26-48(27-35-52)44-18-10-4-11-19-44)53-36-28-49(29-37-53)45-20-12-5-13-21-45/h3-4,6,8-12,14-22,24-28,30-38,40,46,49H,1-2,5,7,13,23,29H2. The number of allylic oxidation sites excluding steroid dienone is 14. The number of hydrogen-bond donors (Lipinski definition) is 0. The van der Waals surface area contributed by atoms with Gasteiger partial charge in [0.15, 0.2) is 0 Å². The molecule has 5 aromatic rings. The van der Waals surface area contributed by atoms with E-state index >= 15 is 0 Å². The molecule has 2 heteroatoms. The van der Waals surface area contributed by atoms with E-state index in [1.807, 2.05) is 0 Å². The minimum Gasteiger partial charge on any atom is -0.304 e. The average Bonchev–Trinajstić information content (AvgIpc) is 3.59. The quantitative estimate of drug-likeness (QED) is 0.141. The summed E-state index contributed by atoms with van der Waals surface area (Å²) in [5, 5.41) is 0. The van der Waals surface area contributed by atoms with Crippen LogP contribution < -0.4 is 9.80 Å². The van der Waals surface area contributed by atoms with Crippen molar-refractivity contribution >= 4 is 22.7 Å². The molecule has 57 heavy (non-hydrogen) atoms. The van der Waals surface area contributed by atoms with Crippen LogP contribution in [-0.2, 0) is 0 Å². The molecule has 0 aromatic heterocycles. The number of anilines is 4. The molecule has 0 amide bonds. The molecule has 0 heterocycles. The van der Waals surface area contributed by atoms with Crippen LogP contribution >= 0.6 is 0 Å². The highest BCUT2D eigenvalue weighted by Gasteiger charge is 2.22. The Bertz CT molecular complexity index is 2400. The highest BCUT2D eigenvalue weighted by molar-refractivity contribution is 5.77. The highest BCUT2D eigenvalue weighted by atomic mass is 15.2. The number of hydrogen-bond acceptors (Lipinski definition) is 2. The predicted octanol–water partition coefficient (Wildman–Crippen LogP) is 14.8. The van der Waals surface area contributed by atoms with Crippen LogP contribution in [-0.4, -0.2) is 0 Å². The fraction of sp³-hybridized carbons (Fsp3) is 0.164. The van der Waals surface area contributed by atoms with E-state index < -0.39 is 0 Å². The van der Waals surface area contributed by atoms with E-state index in [1.54, 1.807) is 0 Å². The third kappa shape index (κ3) is 8.21. The van der Waals surface area contributed by atoms with Crippen molar-refractivity contribution in [2.45, 2.75) is 44.9 Å². The zero-order chi connectivity index (χ0) is 38.2. The maximum absolute atomic E-state index is 3.64. The second kappa shape index (κ2) is 17.1. The van der Waals surface area contributed by atoms with Crippen LogP contribution in [0.3, 0.4) is 0 Å². The van der Waals surface area contributed by atoms with Crippen molar-refractivity contribution in [1.82, 2.24) is 0 Å². The zero-order valence-electron chi connectivity index (χ0n) is 32.5. The lowest BCUT2D eigenvalue weighted by Crippen LogP contribution is -2.19.